The number of hydrogen-bond acceptors (Lipinski definition) is 4. The van der Waals surface area contributed by atoms with Crippen molar-refractivity contribution in [1.82, 2.24) is 0 Å². The minimum atomic E-state index is -0.170. The highest BCUT2D eigenvalue weighted by atomic mass is 16.5. The predicted molar refractivity (Wildman–Crippen MR) is 107 cm³/mol. The molecule has 0 aliphatic heterocycles. The topological polar surface area (TPSA) is 52.6 Å². The van der Waals surface area contributed by atoms with Crippen molar-refractivity contribution in [3.63, 3.8) is 0 Å². The summed E-state index contributed by atoms with van der Waals surface area (Å²) in [5.74, 6) is 1.78. The summed E-state index contributed by atoms with van der Waals surface area (Å²) in [4.78, 5) is 24.3. The zero-order valence-electron chi connectivity index (χ0n) is 18.2. The molecule has 0 bridgehead atoms. The minimum absolute atomic E-state index is 0.0225. The average molecular weight is 389 g/mol. The van der Waals surface area contributed by atoms with Crippen LogP contribution in [0.2, 0.25) is 0 Å². The number of hydrogen-bond donors (Lipinski definition) is 0. The summed E-state index contributed by atoms with van der Waals surface area (Å²) in [5.41, 5.74) is 1.48. The van der Waals surface area contributed by atoms with Crippen LogP contribution < -0.4 is 0 Å². The molecule has 0 aromatic carbocycles. The van der Waals surface area contributed by atoms with Crippen molar-refractivity contribution in [3.8, 4) is 0 Å². The molecule has 0 radical (unpaired) electrons. The number of ether oxygens (including phenoxy) is 2. The van der Waals surface area contributed by atoms with Crippen LogP contribution in [0, 0.1) is 34.0 Å². The number of methoxy groups -OCH3 is 1. The molecule has 4 aliphatic rings. The smallest absolute Gasteiger partial charge is 0.302 e. The number of carbonyl (C=O) groups is 2. The lowest BCUT2D eigenvalue weighted by Crippen LogP contribution is -2.60. The van der Waals surface area contributed by atoms with Crippen molar-refractivity contribution in [2.24, 2.45) is 34.0 Å². The van der Waals surface area contributed by atoms with E-state index in [1.54, 1.807) is 7.11 Å². The van der Waals surface area contributed by atoms with E-state index in [0.717, 1.165) is 51.4 Å². The van der Waals surface area contributed by atoms with Crippen LogP contribution >= 0.6 is 0 Å². The van der Waals surface area contributed by atoms with Crippen molar-refractivity contribution in [2.45, 2.75) is 85.2 Å². The van der Waals surface area contributed by atoms with Gasteiger partial charge >= 0.3 is 5.97 Å². The Morgan fingerprint density at radius 2 is 1.86 bits per heavy atom. The lowest BCUT2D eigenvalue weighted by atomic mass is 9.38. The van der Waals surface area contributed by atoms with Gasteiger partial charge in [0.25, 0.3) is 0 Å². The van der Waals surface area contributed by atoms with E-state index in [4.69, 9.17) is 9.47 Å². The zero-order chi connectivity index (χ0) is 20.3. The molecule has 0 aromatic rings. The van der Waals surface area contributed by atoms with Crippen LogP contribution in [0.1, 0.15) is 79.1 Å². The van der Waals surface area contributed by atoms with Crippen LogP contribution in [0.5, 0.6) is 0 Å². The molecule has 0 N–H and O–H groups in total. The van der Waals surface area contributed by atoms with Crippen LogP contribution in [0.3, 0.4) is 0 Å². The number of carbonyl (C=O) groups excluding carboxylic acids is 2. The molecule has 0 aromatic heterocycles. The first-order valence-corrected chi connectivity index (χ1v) is 11.1. The third-order valence-corrected chi connectivity index (χ3v) is 9.50. The van der Waals surface area contributed by atoms with E-state index in [1.807, 2.05) is 6.26 Å². The predicted octanol–water partition coefficient (Wildman–Crippen LogP) is 5.06. The number of allylic oxidation sites excluding steroid dienone is 1. The maximum atomic E-state index is 12.8. The monoisotopic (exact) mass is 388 g/mol. The second-order valence-corrected chi connectivity index (χ2v) is 10.6. The summed E-state index contributed by atoms with van der Waals surface area (Å²) >= 11 is 0. The van der Waals surface area contributed by atoms with Gasteiger partial charge in [-0.05, 0) is 79.1 Å². The fraction of sp³-hybridized carbons (Fsp3) is 0.833. The second-order valence-electron chi connectivity index (χ2n) is 10.6. The maximum Gasteiger partial charge on any atom is 0.302 e. The molecule has 28 heavy (non-hydrogen) atoms. The van der Waals surface area contributed by atoms with E-state index in [1.165, 1.54) is 12.5 Å². The van der Waals surface area contributed by atoms with Gasteiger partial charge in [0.2, 0.25) is 0 Å². The average Bonchev–Trinajstić information content (AvgIpc) is 2.93. The molecule has 4 saturated carbocycles. The number of rotatable bonds is 2. The lowest BCUT2D eigenvalue weighted by Gasteiger charge is -2.65. The van der Waals surface area contributed by atoms with Crippen molar-refractivity contribution in [2.75, 3.05) is 7.11 Å². The molecule has 0 saturated heterocycles. The first kappa shape index (κ1) is 20.0. The summed E-state index contributed by atoms with van der Waals surface area (Å²) in [6.45, 7) is 8.66. The highest BCUT2D eigenvalue weighted by molar-refractivity contribution is 5.87. The van der Waals surface area contributed by atoms with Crippen LogP contribution in [-0.2, 0) is 19.1 Å². The van der Waals surface area contributed by atoms with Gasteiger partial charge in [-0.3, -0.25) is 9.59 Å². The van der Waals surface area contributed by atoms with Gasteiger partial charge in [-0.25, -0.2) is 0 Å². The van der Waals surface area contributed by atoms with Crippen molar-refractivity contribution in [1.29, 1.82) is 0 Å². The van der Waals surface area contributed by atoms with Crippen LogP contribution in [0.4, 0.5) is 0 Å². The number of fused-ring (bicyclic) bond motifs is 5. The van der Waals surface area contributed by atoms with Gasteiger partial charge in [0.1, 0.15) is 11.9 Å². The number of Topliss-reactive ketones (excluding diaryl/α,β-unsaturated/α-hetero) is 1. The van der Waals surface area contributed by atoms with E-state index in [0.29, 0.717) is 23.5 Å². The normalized spacial score (nSPS) is 49.2. The SMILES string of the molecule is CO/C=C1\C[C@H]2C[C@@H](OC(C)=O)CC[C@]2(C)[C@H]2CC[C@]3(C)C(=O)CC[C@H]3[C@]12C. The van der Waals surface area contributed by atoms with Gasteiger partial charge in [-0.15, -0.1) is 0 Å². The highest BCUT2D eigenvalue weighted by Crippen LogP contribution is 2.72. The maximum absolute atomic E-state index is 12.8. The van der Waals surface area contributed by atoms with Crippen molar-refractivity contribution >= 4 is 11.8 Å². The van der Waals surface area contributed by atoms with Crippen LogP contribution in [0.25, 0.3) is 0 Å². The first-order chi connectivity index (χ1) is 13.2. The molecule has 156 valence electrons. The number of esters is 1. The first-order valence-electron chi connectivity index (χ1n) is 11.1. The lowest BCUT2D eigenvalue weighted by molar-refractivity contribution is -0.165. The Morgan fingerprint density at radius 1 is 1.11 bits per heavy atom. The summed E-state index contributed by atoms with van der Waals surface area (Å²) in [6, 6.07) is 0. The summed E-state index contributed by atoms with van der Waals surface area (Å²) in [5, 5.41) is 0. The van der Waals surface area contributed by atoms with Crippen molar-refractivity contribution in [3.05, 3.63) is 11.8 Å². The Balaban J connectivity index is 1.73. The molecule has 4 nitrogen and oxygen atoms in total. The Kier molecular flexibility index (Phi) is 4.71. The van der Waals surface area contributed by atoms with Gasteiger partial charge in [0.05, 0.1) is 13.4 Å². The summed E-state index contributed by atoms with van der Waals surface area (Å²) in [6.07, 6.45) is 9.92. The fourth-order valence-electron chi connectivity index (χ4n) is 8.10. The quantitative estimate of drug-likeness (QED) is 0.490. The molecular weight excluding hydrogens is 352 g/mol. The Hall–Kier alpha value is -1.32. The van der Waals surface area contributed by atoms with Gasteiger partial charge in [0.15, 0.2) is 0 Å². The fourth-order valence-corrected chi connectivity index (χ4v) is 8.10. The van der Waals surface area contributed by atoms with E-state index in [9.17, 15) is 9.59 Å². The van der Waals surface area contributed by atoms with E-state index >= 15 is 0 Å². The highest BCUT2D eigenvalue weighted by Gasteiger charge is 2.66. The summed E-state index contributed by atoms with van der Waals surface area (Å²) < 4.78 is 11.2. The molecule has 4 fully saturated rings. The van der Waals surface area contributed by atoms with Crippen LogP contribution in [-0.4, -0.2) is 25.0 Å². The molecule has 4 rings (SSSR count). The van der Waals surface area contributed by atoms with E-state index < -0.39 is 0 Å². The third-order valence-electron chi connectivity index (χ3n) is 9.50. The second kappa shape index (κ2) is 6.60. The standard InChI is InChI=1S/C24H36O4/c1-15(25)28-18-8-10-22(2)16(13-18)12-17(14-27-5)24(4)19-6-7-21(26)23(19,3)11-9-20(22)24/h14,16,18-20H,6-13H2,1-5H3/b17-14+/t16-,18-,19+,20+,22-,23-,24-/m0/s1. The molecule has 4 aliphatic carbocycles. The van der Waals surface area contributed by atoms with Crippen molar-refractivity contribution < 1.29 is 19.1 Å². The van der Waals surface area contributed by atoms with Gasteiger partial charge in [0, 0.05) is 18.8 Å². The Bertz CT molecular complexity index is 711. The third kappa shape index (κ3) is 2.62. The minimum Gasteiger partial charge on any atom is -0.504 e. The van der Waals surface area contributed by atoms with Crippen LogP contribution in [0.15, 0.2) is 11.8 Å². The van der Waals surface area contributed by atoms with E-state index in [-0.39, 0.29) is 28.3 Å². The largest absolute Gasteiger partial charge is 0.504 e. The summed E-state index contributed by atoms with van der Waals surface area (Å²) in [7, 11) is 1.74. The van der Waals surface area contributed by atoms with Gasteiger partial charge in [-0.2, -0.15) is 0 Å². The Morgan fingerprint density at radius 3 is 2.54 bits per heavy atom. The molecule has 0 unspecified atom stereocenters. The molecule has 4 heteroatoms. The number of ketones is 1. The molecule has 0 spiro atoms. The molecule has 7 atom stereocenters. The zero-order valence-corrected chi connectivity index (χ0v) is 18.2. The van der Waals surface area contributed by atoms with Gasteiger partial charge < -0.3 is 9.47 Å². The molecule has 0 heterocycles. The Labute approximate surface area is 169 Å². The van der Waals surface area contributed by atoms with E-state index in [2.05, 4.69) is 20.8 Å². The molecular formula is C24H36O4. The molecule has 0 amide bonds. The van der Waals surface area contributed by atoms with Gasteiger partial charge in [-0.1, -0.05) is 20.8 Å².